The molecular formula is C51H62FN7O5S. The zero-order valence-corrected chi connectivity index (χ0v) is 38.8. The summed E-state index contributed by atoms with van der Waals surface area (Å²) in [6, 6.07) is 20.9. The van der Waals surface area contributed by atoms with Crippen LogP contribution in [-0.4, -0.2) is 87.4 Å². The van der Waals surface area contributed by atoms with Crippen LogP contribution in [0, 0.1) is 12.3 Å². The maximum atomic E-state index is 14.7. The number of aromatic nitrogens is 2. The van der Waals surface area contributed by atoms with Gasteiger partial charge >= 0.3 is 0 Å². The fourth-order valence-corrected chi connectivity index (χ4v) is 9.23. The number of aryl methyl sites for hydroxylation is 1. The van der Waals surface area contributed by atoms with E-state index in [2.05, 4.69) is 62.0 Å². The van der Waals surface area contributed by atoms with Gasteiger partial charge in [0.25, 0.3) is 5.91 Å². The summed E-state index contributed by atoms with van der Waals surface area (Å²) in [6.07, 6.45) is 10.3. The van der Waals surface area contributed by atoms with Gasteiger partial charge in [-0.25, -0.2) is 9.37 Å². The van der Waals surface area contributed by atoms with Crippen molar-refractivity contribution in [2.75, 3.05) is 26.2 Å². The number of fused-ring (bicyclic) bond motifs is 1. The lowest BCUT2D eigenvalue weighted by Crippen LogP contribution is -2.58. The quantitative estimate of drug-likeness (QED) is 0.0428. The normalized spacial score (nSPS) is 16.3. The van der Waals surface area contributed by atoms with Gasteiger partial charge in [-0.15, -0.1) is 11.3 Å². The molecule has 3 heterocycles. The number of amides is 4. The highest BCUT2D eigenvalue weighted by Gasteiger charge is 2.53. The topological polar surface area (TPSA) is 163 Å². The number of nitrogens with one attached hydrogen (secondary N) is 3. The van der Waals surface area contributed by atoms with E-state index < -0.39 is 35.0 Å². The number of hydrogen-bond acceptors (Lipinski definition) is 8. The third-order valence-corrected chi connectivity index (χ3v) is 13.4. The molecule has 14 heteroatoms. The Morgan fingerprint density at radius 3 is 2.55 bits per heavy atom. The Morgan fingerprint density at radius 1 is 1.05 bits per heavy atom. The molecule has 1 saturated carbocycles. The van der Waals surface area contributed by atoms with Crippen LogP contribution in [0.1, 0.15) is 93.7 Å². The molecule has 0 unspecified atom stereocenters. The summed E-state index contributed by atoms with van der Waals surface area (Å²) in [4.78, 5) is 64.6. The number of likely N-dealkylation sites (tertiary alicyclic amines) is 1. The number of rotatable bonds is 21. The number of nitrogens with two attached hydrogens (primary N) is 1. The zero-order chi connectivity index (χ0) is 46.1. The fourth-order valence-electron chi connectivity index (χ4n) is 8.42. The van der Waals surface area contributed by atoms with E-state index in [-0.39, 0.29) is 31.2 Å². The lowest BCUT2D eigenvalue weighted by atomic mass is 9.85. The van der Waals surface area contributed by atoms with Crippen molar-refractivity contribution < 1.29 is 28.3 Å². The maximum absolute atomic E-state index is 14.7. The van der Waals surface area contributed by atoms with Crippen LogP contribution in [0.25, 0.3) is 27.4 Å². The average molecular weight is 904 g/mol. The maximum Gasteiger partial charge on any atom is 0.258 e. The van der Waals surface area contributed by atoms with Gasteiger partial charge in [-0.05, 0) is 111 Å². The van der Waals surface area contributed by atoms with Crippen molar-refractivity contribution in [2.45, 2.75) is 110 Å². The van der Waals surface area contributed by atoms with Crippen molar-refractivity contribution in [2.24, 2.45) is 11.1 Å². The Balaban J connectivity index is 0.965. The van der Waals surface area contributed by atoms with Gasteiger partial charge in [0.15, 0.2) is 5.67 Å². The van der Waals surface area contributed by atoms with E-state index in [1.807, 2.05) is 69.6 Å². The monoisotopic (exact) mass is 903 g/mol. The molecule has 5 aromatic rings. The number of aromatic amines is 1. The third kappa shape index (κ3) is 12.3. The van der Waals surface area contributed by atoms with Gasteiger partial charge in [0, 0.05) is 54.9 Å². The van der Waals surface area contributed by atoms with E-state index in [0.717, 1.165) is 78.1 Å². The van der Waals surface area contributed by atoms with Crippen molar-refractivity contribution in [3.8, 4) is 16.2 Å². The highest BCUT2D eigenvalue weighted by atomic mass is 32.1. The number of para-hydroxylation sites is 1. The Labute approximate surface area is 385 Å². The van der Waals surface area contributed by atoms with Crippen LogP contribution >= 0.6 is 11.3 Å². The largest absolute Gasteiger partial charge is 0.493 e. The van der Waals surface area contributed by atoms with Gasteiger partial charge in [0.1, 0.15) is 17.8 Å². The third-order valence-electron chi connectivity index (χ3n) is 12.4. The van der Waals surface area contributed by atoms with Crippen LogP contribution in [0.4, 0.5) is 4.39 Å². The van der Waals surface area contributed by atoms with E-state index in [1.54, 1.807) is 22.3 Å². The molecule has 1 aliphatic heterocycles. The summed E-state index contributed by atoms with van der Waals surface area (Å²) in [7, 11) is 0. The lowest BCUT2D eigenvalue weighted by Gasteiger charge is -2.35. The highest BCUT2D eigenvalue weighted by Crippen LogP contribution is 2.40. The van der Waals surface area contributed by atoms with Crippen LogP contribution in [-0.2, 0) is 38.7 Å². The molecule has 12 nitrogen and oxygen atoms in total. The molecule has 2 aromatic heterocycles. The second-order valence-electron chi connectivity index (χ2n) is 18.5. The number of halogens is 1. The van der Waals surface area contributed by atoms with Crippen LogP contribution in [0.3, 0.4) is 0 Å². The van der Waals surface area contributed by atoms with Crippen LogP contribution in [0.5, 0.6) is 5.75 Å². The molecule has 1 aliphatic carbocycles. The summed E-state index contributed by atoms with van der Waals surface area (Å²) >= 11 is 1.57. The zero-order valence-electron chi connectivity index (χ0n) is 38.0. The number of thiazole rings is 1. The number of carbonyl (C=O) groups is 4. The van der Waals surface area contributed by atoms with Crippen LogP contribution in [0.15, 0.2) is 84.5 Å². The molecule has 4 amide bonds. The van der Waals surface area contributed by atoms with Gasteiger partial charge < -0.3 is 31.0 Å². The Morgan fingerprint density at radius 2 is 1.83 bits per heavy atom. The smallest absolute Gasteiger partial charge is 0.258 e. The van der Waals surface area contributed by atoms with E-state index in [4.69, 9.17) is 10.5 Å². The summed E-state index contributed by atoms with van der Waals surface area (Å²) in [5, 5.41) is 7.00. The SMILES string of the molecule is Cc1ncsc1-c1ccc(CNC(=O)[C@@H]2CCCN2C(=O)[C@@H](NC(=O)C2(F)CC2)C(C)(C)C)c(OCCCCCN(CCc2c[nH]c3ccccc23)Cc2ccc(/C=C/C(N)=O)cc2)c1. The number of primary amides is 1. The first-order chi connectivity index (χ1) is 31.2. The summed E-state index contributed by atoms with van der Waals surface area (Å²) < 4.78 is 21.2. The van der Waals surface area contributed by atoms with Gasteiger partial charge in [-0.3, -0.25) is 24.1 Å². The molecule has 7 rings (SSSR count). The molecule has 2 atom stereocenters. The molecule has 3 aromatic carbocycles. The van der Waals surface area contributed by atoms with Crippen LogP contribution in [0.2, 0.25) is 0 Å². The number of hydrogen-bond donors (Lipinski definition) is 4. The standard InChI is InChI=1S/C51H62FN7O5S/c1-34-45(65-33-56-34)37-19-20-39(31-55-47(61)42-13-10-26-59(42)48(62)46(50(2,3)4)57-49(63)51(52)23-24-51)43(29-37)64-28-9-5-8-25-58(27-22-38-30-54-41-12-7-6-11-40(38)41)32-36-16-14-35(15-17-36)18-21-44(53)60/h6-7,11-12,14-21,29-30,33,42,46,54H,5,8-10,13,22-28,31-32H2,1-4H3,(H2,53,60)(H,55,61)(H,57,63)/b21-18+/t42-,46+/m0/s1. The Kier molecular flexibility index (Phi) is 15.2. The van der Waals surface area contributed by atoms with E-state index in [1.165, 1.54) is 22.6 Å². The number of benzene rings is 3. The fraction of sp³-hybridized carbons (Fsp3) is 0.431. The molecule has 5 N–H and O–H groups in total. The van der Waals surface area contributed by atoms with Crippen molar-refractivity contribution in [1.29, 1.82) is 0 Å². The predicted octanol–water partition coefficient (Wildman–Crippen LogP) is 8.03. The minimum atomic E-state index is -1.91. The van der Waals surface area contributed by atoms with E-state index in [0.29, 0.717) is 31.7 Å². The Bertz CT molecular complexity index is 2490. The average Bonchev–Trinajstić information content (AvgIpc) is 3.61. The highest BCUT2D eigenvalue weighted by molar-refractivity contribution is 7.13. The van der Waals surface area contributed by atoms with Gasteiger partial charge in [0.05, 0.1) is 22.7 Å². The number of H-pyrrole nitrogens is 1. The van der Waals surface area contributed by atoms with Gasteiger partial charge in [0.2, 0.25) is 17.7 Å². The molecule has 2 fully saturated rings. The van der Waals surface area contributed by atoms with Crippen molar-refractivity contribution in [3.63, 3.8) is 0 Å². The molecule has 0 bridgehead atoms. The first-order valence-corrected chi connectivity index (χ1v) is 23.6. The van der Waals surface area contributed by atoms with Crippen LogP contribution < -0.4 is 21.1 Å². The van der Waals surface area contributed by atoms with Gasteiger partial charge in [-0.2, -0.15) is 0 Å². The molecule has 2 aliphatic rings. The number of ether oxygens (including phenoxy) is 1. The number of carbonyl (C=O) groups excluding carboxylic acids is 4. The molecular weight excluding hydrogens is 842 g/mol. The summed E-state index contributed by atoms with van der Waals surface area (Å²) in [5.74, 6) is -1.20. The summed E-state index contributed by atoms with van der Waals surface area (Å²) in [5.41, 5.74) is 11.8. The second kappa shape index (κ2) is 21.0. The molecule has 1 saturated heterocycles. The molecule has 344 valence electrons. The molecule has 65 heavy (non-hydrogen) atoms. The number of unbranched alkanes of at least 4 members (excludes halogenated alkanes) is 2. The second-order valence-corrected chi connectivity index (χ2v) is 19.4. The first kappa shape index (κ1) is 47.1. The minimum Gasteiger partial charge on any atom is -0.493 e. The van der Waals surface area contributed by atoms with E-state index >= 15 is 0 Å². The van der Waals surface area contributed by atoms with E-state index in [9.17, 15) is 23.6 Å². The van der Waals surface area contributed by atoms with Crippen molar-refractivity contribution in [3.05, 3.63) is 112 Å². The summed E-state index contributed by atoms with van der Waals surface area (Å²) in [6.45, 7) is 11.1. The minimum absolute atomic E-state index is 0.153. The lowest BCUT2D eigenvalue weighted by molar-refractivity contribution is -0.144. The van der Waals surface area contributed by atoms with Crippen molar-refractivity contribution in [1.82, 2.24) is 30.4 Å². The number of nitrogens with zero attached hydrogens (tertiary/aromatic N) is 3. The predicted molar refractivity (Wildman–Crippen MR) is 255 cm³/mol. The molecule has 0 spiro atoms. The first-order valence-electron chi connectivity index (χ1n) is 22.8. The van der Waals surface area contributed by atoms with Crippen molar-refractivity contribution >= 4 is 51.9 Å². The Hall–Kier alpha value is -5.86. The molecule has 0 radical (unpaired) electrons. The number of alkyl halides is 1. The van der Waals surface area contributed by atoms with Gasteiger partial charge in [-0.1, -0.05) is 75.4 Å².